The molecular weight excluding hydrogens is 186 g/mol. The van der Waals surface area contributed by atoms with E-state index in [9.17, 15) is 0 Å². The topological polar surface area (TPSA) is 20.2 Å². The Morgan fingerprint density at radius 3 is 2.93 bits per heavy atom. The van der Waals surface area contributed by atoms with E-state index in [0.29, 0.717) is 0 Å². The minimum absolute atomic E-state index is 0.846. The van der Waals surface area contributed by atoms with Gasteiger partial charge >= 0.3 is 0 Å². The fourth-order valence-corrected chi connectivity index (χ4v) is 2.28. The normalized spacial score (nSPS) is 22.4. The van der Waals surface area contributed by atoms with Crippen molar-refractivity contribution >= 4 is 0 Å². The van der Waals surface area contributed by atoms with Crippen molar-refractivity contribution in [2.45, 2.75) is 13.0 Å². The lowest BCUT2D eigenvalue weighted by molar-refractivity contribution is 0.388. The van der Waals surface area contributed by atoms with E-state index in [1.165, 1.54) is 25.1 Å². The van der Waals surface area contributed by atoms with Gasteiger partial charge in [0.1, 0.15) is 0 Å². The molecule has 1 saturated heterocycles. The van der Waals surface area contributed by atoms with Gasteiger partial charge in [-0.15, -0.1) is 0 Å². The van der Waals surface area contributed by atoms with Crippen LogP contribution in [0.15, 0.2) is 18.5 Å². The SMILES string of the molecule is CN1CCC(CNCc2ccn(C)c2)C1. The van der Waals surface area contributed by atoms with Gasteiger partial charge in [0.05, 0.1) is 0 Å². The van der Waals surface area contributed by atoms with E-state index >= 15 is 0 Å². The first-order chi connectivity index (χ1) is 7.24. The molecule has 84 valence electrons. The van der Waals surface area contributed by atoms with Crippen LogP contribution in [0.3, 0.4) is 0 Å². The monoisotopic (exact) mass is 207 g/mol. The molecule has 1 aromatic heterocycles. The molecule has 0 saturated carbocycles. The van der Waals surface area contributed by atoms with Crippen LogP contribution in [0, 0.1) is 5.92 Å². The highest BCUT2D eigenvalue weighted by atomic mass is 15.1. The Bertz CT molecular complexity index is 306. The van der Waals surface area contributed by atoms with Gasteiger partial charge in [0.2, 0.25) is 0 Å². The Kier molecular flexibility index (Phi) is 3.44. The number of hydrogen-bond donors (Lipinski definition) is 1. The second-order valence-electron chi connectivity index (χ2n) is 4.73. The molecule has 0 aromatic carbocycles. The summed E-state index contributed by atoms with van der Waals surface area (Å²) in [7, 11) is 4.27. The predicted molar refractivity (Wildman–Crippen MR) is 62.7 cm³/mol. The first-order valence-corrected chi connectivity index (χ1v) is 5.74. The van der Waals surface area contributed by atoms with Crippen LogP contribution in [0.4, 0.5) is 0 Å². The van der Waals surface area contributed by atoms with Gasteiger partial charge in [0.15, 0.2) is 0 Å². The lowest BCUT2D eigenvalue weighted by Crippen LogP contribution is -2.24. The molecule has 2 heterocycles. The van der Waals surface area contributed by atoms with Crippen LogP contribution in [-0.2, 0) is 13.6 Å². The molecule has 15 heavy (non-hydrogen) atoms. The van der Waals surface area contributed by atoms with Crippen molar-refractivity contribution in [1.29, 1.82) is 0 Å². The van der Waals surface area contributed by atoms with Crippen molar-refractivity contribution in [3.05, 3.63) is 24.0 Å². The minimum atomic E-state index is 0.846. The summed E-state index contributed by atoms with van der Waals surface area (Å²) in [6, 6.07) is 2.17. The number of rotatable bonds is 4. The predicted octanol–water partition coefficient (Wildman–Crippen LogP) is 1.07. The van der Waals surface area contributed by atoms with Crippen LogP contribution in [0.5, 0.6) is 0 Å². The summed E-state index contributed by atoms with van der Waals surface area (Å²) in [6.07, 6.45) is 5.62. The fraction of sp³-hybridized carbons (Fsp3) is 0.667. The summed E-state index contributed by atoms with van der Waals surface area (Å²) in [5.74, 6) is 0.846. The largest absolute Gasteiger partial charge is 0.357 e. The second-order valence-corrected chi connectivity index (χ2v) is 4.73. The summed E-state index contributed by atoms with van der Waals surface area (Å²) < 4.78 is 2.10. The number of aromatic nitrogens is 1. The molecule has 1 N–H and O–H groups in total. The molecule has 0 amide bonds. The molecule has 3 nitrogen and oxygen atoms in total. The van der Waals surface area contributed by atoms with Crippen molar-refractivity contribution in [3.8, 4) is 0 Å². The zero-order valence-electron chi connectivity index (χ0n) is 9.74. The van der Waals surface area contributed by atoms with E-state index in [4.69, 9.17) is 0 Å². The lowest BCUT2D eigenvalue weighted by atomic mass is 10.1. The Morgan fingerprint density at radius 1 is 1.47 bits per heavy atom. The third-order valence-corrected chi connectivity index (χ3v) is 3.14. The van der Waals surface area contributed by atoms with Gasteiger partial charge in [-0.1, -0.05) is 0 Å². The van der Waals surface area contributed by atoms with Crippen molar-refractivity contribution in [2.24, 2.45) is 13.0 Å². The Balaban J connectivity index is 1.67. The first kappa shape index (κ1) is 10.7. The Morgan fingerprint density at radius 2 is 2.33 bits per heavy atom. The van der Waals surface area contributed by atoms with Gasteiger partial charge in [-0.25, -0.2) is 0 Å². The van der Waals surface area contributed by atoms with E-state index in [2.05, 4.69) is 47.3 Å². The van der Waals surface area contributed by atoms with Gasteiger partial charge in [0, 0.05) is 32.5 Å². The van der Waals surface area contributed by atoms with Crippen LogP contribution >= 0.6 is 0 Å². The van der Waals surface area contributed by atoms with Gasteiger partial charge in [-0.2, -0.15) is 0 Å². The number of hydrogen-bond acceptors (Lipinski definition) is 2. The quantitative estimate of drug-likeness (QED) is 0.797. The summed E-state index contributed by atoms with van der Waals surface area (Å²) in [4.78, 5) is 2.41. The summed E-state index contributed by atoms with van der Waals surface area (Å²) in [5.41, 5.74) is 1.38. The summed E-state index contributed by atoms with van der Waals surface area (Å²) >= 11 is 0. The van der Waals surface area contributed by atoms with Crippen LogP contribution in [0.2, 0.25) is 0 Å². The zero-order valence-corrected chi connectivity index (χ0v) is 9.74. The highest BCUT2D eigenvalue weighted by Gasteiger charge is 2.18. The molecule has 1 unspecified atom stereocenters. The highest BCUT2D eigenvalue weighted by molar-refractivity contribution is 5.09. The third-order valence-electron chi connectivity index (χ3n) is 3.14. The maximum absolute atomic E-state index is 3.54. The molecule has 0 bridgehead atoms. The van der Waals surface area contributed by atoms with Crippen molar-refractivity contribution < 1.29 is 0 Å². The molecule has 1 aromatic rings. The molecule has 0 spiro atoms. The molecule has 1 atom stereocenters. The van der Waals surface area contributed by atoms with Gasteiger partial charge in [-0.05, 0) is 44.1 Å². The molecule has 0 aliphatic carbocycles. The maximum Gasteiger partial charge on any atom is 0.0220 e. The molecule has 1 aliphatic rings. The van der Waals surface area contributed by atoms with E-state index in [1.54, 1.807) is 0 Å². The number of nitrogens with one attached hydrogen (secondary N) is 1. The molecule has 1 aliphatic heterocycles. The molecular formula is C12H21N3. The standard InChI is InChI=1S/C12H21N3/c1-14-5-3-11(9-14)7-13-8-12-4-6-15(2)10-12/h3,5,9,12-13H,4,6-8,10H2,1-2H3. The Hall–Kier alpha value is -0.800. The Labute approximate surface area is 92.1 Å². The van der Waals surface area contributed by atoms with Crippen molar-refractivity contribution in [2.75, 3.05) is 26.7 Å². The van der Waals surface area contributed by atoms with E-state index in [1.807, 2.05) is 0 Å². The van der Waals surface area contributed by atoms with Gasteiger partial charge < -0.3 is 14.8 Å². The van der Waals surface area contributed by atoms with Crippen LogP contribution in [-0.4, -0.2) is 36.1 Å². The van der Waals surface area contributed by atoms with Crippen LogP contribution < -0.4 is 5.32 Å². The molecule has 1 fully saturated rings. The number of aryl methyl sites for hydroxylation is 1. The average Bonchev–Trinajstić information content (AvgIpc) is 2.76. The minimum Gasteiger partial charge on any atom is -0.357 e. The zero-order chi connectivity index (χ0) is 10.7. The van der Waals surface area contributed by atoms with E-state index in [-0.39, 0.29) is 0 Å². The van der Waals surface area contributed by atoms with E-state index in [0.717, 1.165) is 19.0 Å². The average molecular weight is 207 g/mol. The van der Waals surface area contributed by atoms with Gasteiger partial charge in [0.25, 0.3) is 0 Å². The summed E-state index contributed by atoms with van der Waals surface area (Å²) in [5, 5.41) is 3.54. The number of likely N-dealkylation sites (tertiary alicyclic amines) is 1. The molecule has 3 heteroatoms. The molecule has 0 radical (unpaired) electrons. The fourth-order valence-electron chi connectivity index (χ4n) is 2.28. The molecule has 2 rings (SSSR count). The van der Waals surface area contributed by atoms with Crippen molar-refractivity contribution in [1.82, 2.24) is 14.8 Å². The van der Waals surface area contributed by atoms with Crippen LogP contribution in [0.1, 0.15) is 12.0 Å². The second kappa shape index (κ2) is 4.81. The highest BCUT2D eigenvalue weighted by Crippen LogP contribution is 2.13. The van der Waals surface area contributed by atoms with Crippen LogP contribution in [0.25, 0.3) is 0 Å². The smallest absolute Gasteiger partial charge is 0.0220 e. The summed E-state index contributed by atoms with van der Waals surface area (Å²) in [6.45, 7) is 4.67. The van der Waals surface area contributed by atoms with Crippen molar-refractivity contribution in [3.63, 3.8) is 0 Å². The number of nitrogens with zero attached hydrogens (tertiary/aromatic N) is 2. The lowest BCUT2D eigenvalue weighted by Gasteiger charge is -2.10. The first-order valence-electron chi connectivity index (χ1n) is 5.74. The third kappa shape index (κ3) is 3.08. The van der Waals surface area contributed by atoms with E-state index < -0.39 is 0 Å². The van der Waals surface area contributed by atoms with Gasteiger partial charge in [-0.3, -0.25) is 0 Å². The maximum atomic E-state index is 3.54.